The van der Waals surface area contributed by atoms with Gasteiger partial charge in [-0.1, -0.05) is 22.9 Å². The molecule has 0 bridgehead atoms. The van der Waals surface area contributed by atoms with E-state index in [1.54, 1.807) is 0 Å². The second-order valence-corrected chi connectivity index (χ2v) is 5.03. The Labute approximate surface area is 93.9 Å². The van der Waals surface area contributed by atoms with Crippen LogP contribution in [0.2, 0.25) is 0 Å². The molecule has 0 aromatic rings. The van der Waals surface area contributed by atoms with E-state index in [1.807, 2.05) is 11.8 Å². The summed E-state index contributed by atoms with van der Waals surface area (Å²) in [7, 11) is 0. The molecule has 0 spiro atoms. The van der Waals surface area contributed by atoms with Gasteiger partial charge >= 0.3 is 0 Å². The molecule has 14 heavy (non-hydrogen) atoms. The Kier molecular flexibility index (Phi) is 4.89. The lowest BCUT2D eigenvalue weighted by Gasteiger charge is -2.24. The number of carbonyl (C=O) groups excluding carboxylic acids is 1. The van der Waals surface area contributed by atoms with Gasteiger partial charge in [0.2, 0.25) is 5.91 Å². The number of carbonyl (C=O) groups is 1. The van der Waals surface area contributed by atoms with E-state index < -0.39 is 0 Å². The van der Waals surface area contributed by atoms with E-state index in [2.05, 4.69) is 22.9 Å². The molecule has 1 rings (SSSR count). The van der Waals surface area contributed by atoms with Crippen LogP contribution in [0.15, 0.2) is 0 Å². The van der Waals surface area contributed by atoms with Crippen molar-refractivity contribution in [3.63, 3.8) is 0 Å². The Balaban J connectivity index is 2.54. The molecule has 4 heteroatoms. The minimum absolute atomic E-state index is 0.0851. The molecule has 0 aliphatic carbocycles. The molecular formula is C10H18BrNO2. The van der Waals surface area contributed by atoms with Crippen LogP contribution in [0.5, 0.6) is 0 Å². The zero-order valence-electron chi connectivity index (χ0n) is 8.83. The summed E-state index contributed by atoms with van der Waals surface area (Å²) in [6, 6.07) is 0. The van der Waals surface area contributed by atoms with E-state index in [1.165, 1.54) is 0 Å². The first-order chi connectivity index (χ1) is 6.65. The summed E-state index contributed by atoms with van der Waals surface area (Å²) in [6.07, 6.45) is 2.13. The van der Waals surface area contributed by atoms with Crippen LogP contribution in [0, 0.1) is 0 Å². The number of hydrogen-bond acceptors (Lipinski definition) is 2. The average Bonchev–Trinajstić information content (AvgIpc) is 2.41. The van der Waals surface area contributed by atoms with Crippen molar-refractivity contribution in [2.24, 2.45) is 0 Å². The molecule has 1 saturated heterocycles. The Morgan fingerprint density at radius 2 is 2.43 bits per heavy atom. The number of nitrogens with zero attached hydrogens (tertiary/aromatic N) is 1. The summed E-state index contributed by atoms with van der Waals surface area (Å²) in [5, 5.41) is 0. The van der Waals surface area contributed by atoms with E-state index >= 15 is 0 Å². The van der Waals surface area contributed by atoms with Gasteiger partial charge in [-0.25, -0.2) is 0 Å². The van der Waals surface area contributed by atoms with Crippen molar-refractivity contribution in [2.45, 2.75) is 37.6 Å². The predicted molar refractivity (Wildman–Crippen MR) is 59.6 cm³/mol. The van der Waals surface area contributed by atoms with Crippen LogP contribution >= 0.6 is 15.9 Å². The van der Waals surface area contributed by atoms with Gasteiger partial charge in [0.25, 0.3) is 0 Å². The zero-order valence-corrected chi connectivity index (χ0v) is 10.4. The van der Waals surface area contributed by atoms with Crippen molar-refractivity contribution >= 4 is 21.8 Å². The molecule has 0 aromatic heterocycles. The average molecular weight is 264 g/mol. The standard InChI is InChI=1S/C10H18BrNO2/c1-3-9-7-12(5-4-6-14-9)10(13)8(2)11/h8-9H,3-7H2,1-2H3. The van der Waals surface area contributed by atoms with E-state index in [9.17, 15) is 4.79 Å². The van der Waals surface area contributed by atoms with Crippen LogP contribution in [0.25, 0.3) is 0 Å². The Bertz CT molecular complexity index is 197. The molecule has 2 atom stereocenters. The highest BCUT2D eigenvalue weighted by Crippen LogP contribution is 2.12. The Morgan fingerprint density at radius 3 is 3.00 bits per heavy atom. The molecule has 1 heterocycles. The lowest BCUT2D eigenvalue weighted by Crippen LogP contribution is -2.39. The first-order valence-corrected chi connectivity index (χ1v) is 6.11. The molecular weight excluding hydrogens is 246 g/mol. The smallest absolute Gasteiger partial charge is 0.236 e. The van der Waals surface area contributed by atoms with Crippen molar-refractivity contribution in [1.29, 1.82) is 0 Å². The number of halogens is 1. The molecule has 2 unspecified atom stereocenters. The SMILES string of the molecule is CCC1CN(C(=O)C(C)Br)CCCO1. The van der Waals surface area contributed by atoms with Crippen molar-refractivity contribution in [2.75, 3.05) is 19.7 Å². The van der Waals surface area contributed by atoms with Gasteiger partial charge in [-0.05, 0) is 19.8 Å². The van der Waals surface area contributed by atoms with Gasteiger partial charge in [-0.3, -0.25) is 4.79 Å². The number of alkyl halides is 1. The van der Waals surface area contributed by atoms with Crippen LogP contribution in [-0.2, 0) is 9.53 Å². The van der Waals surface area contributed by atoms with Gasteiger partial charge in [0.1, 0.15) is 0 Å². The van der Waals surface area contributed by atoms with Crippen LogP contribution < -0.4 is 0 Å². The number of rotatable bonds is 2. The highest BCUT2D eigenvalue weighted by molar-refractivity contribution is 9.10. The first kappa shape index (κ1) is 12.0. The van der Waals surface area contributed by atoms with Crippen molar-refractivity contribution < 1.29 is 9.53 Å². The fraction of sp³-hybridized carbons (Fsp3) is 0.900. The molecule has 3 nitrogen and oxygen atoms in total. The van der Waals surface area contributed by atoms with Gasteiger partial charge in [0, 0.05) is 19.7 Å². The zero-order chi connectivity index (χ0) is 10.6. The quantitative estimate of drug-likeness (QED) is 0.712. The van der Waals surface area contributed by atoms with Crippen molar-refractivity contribution in [3.8, 4) is 0 Å². The molecule has 0 radical (unpaired) electrons. The number of ether oxygens (including phenoxy) is 1. The summed E-state index contributed by atoms with van der Waals surface area (Å²) in [6.45, 7) is 6.31. The van der Waals surface area contributed by atoms with E-state index in [0.717, 1.165) is 32.5 Å². The maximum absolute atomic E-state index is 11.7. The molecule has 0 saturated carbocycles. The normalized spacial score (nSPS) is 25.6. The third-order valence-corrected chi connectivity index (χ3v) is 2.85. The molecule has 1 amide bonds. The second-order valence-electron chi connectivity index (χ2n) is 3.65. The number of hydrogen-bond donors (Lipinski definition) is 0. The van der Waals surface area contributed by atoms with Gasteiger partial charge in [-0.2, -0.15) is 0 Å². The van der Waals surface area contributed by atoms with Gasteiger partial charge in [0.15, 0.2) is 0 Å². The Hall–Kier alpha value is -0.0900. The largest absolute Gasteiger partial charge is 0.376 e. The summed E-state index contributed by atoms with van der Waals surface area (Å²) in [5.41, 5.74) is 0. The fourth-order valence-corrected chi connectivity index (χ4v) is 1.88. The third-order valence-electron chi connectivity index (χ3n) is 2.46. The van der Waals surface area contributed by atoms with Crippen LogP contribution in [0.3, 0.4) is 0 Å². The fourth-order valence-electron chi connectivity index (χ4n) is 1.59. The lowest BCUT2D eigenvalue weighted by atomic mass is 10.2. The van der Waals surface area contributed by atoms with Gasteiger partial charge < -0.3 is 9.64 Å². The minimum atomic E-state index is -0.0851. The van der Waals surface area contributed by atoms with E-state index in [0.29, 0.717) is 0 Å². The monoisotopic (exact) mass is 263 g/mol. The maximum Gasteiger partial charge on any atom is 0.236 e. The van der Waals surface area contributed by atoms with Crippen LogP contribution in [0.4, 0.5) is 0 Å². The van der Waals surface area contributed by atoms with E-state index in [-0.39, 0.29) is 16.8 Å². The van der Waals surface area contributed by atoms with E-state index in [4.69, 9.17) is 4.74 Å². The molecule has 82 valence electrons. The first-order valence-electron chi connectivity index (χ1n) is 5.19. The summed E-state index contributed by atoms with van der Waals surface area (Å²) >= 11 is 3.31. The minimum Gasteiger partial charge on any atom is -0.376 e. The Morgan fingerprint density at radius 1 is 1.71 bits per heavy atom. The molecule has 0 aromatic carbocycles. The maximum atomic E-state index is 11.7. The topological polar surface area (TPSA) is 29.5 Å². The van der Waals surface area contributed by atoms with Gasteiger partial charge in [-0.15, -0.1) is 0 Å². The second kappa shape index (κ2) is 5.71. The summed E-state index contributed by atoms with van der Waals surface area (Å²) < 4.78 is 5.60. The summed E-state index contributed by atoms with van der Waals surface area (Å²) in [5.74, 6) is 0.175. The molecule has 0 N–H and O–H groups in total. The van der Waals surface area contributed by atoms with Crippen molar-refractivity contribution in [3.05, 3.63) is 0 Å². The molecule has 1 fully saturated rings. The predicted octanol–water partition coefficient (Wildman–Crippen LogP) is 1.80. The highest BCUT2D eigenvalue weighted by Gasteiger charge is 2.23. The summed E-state index contributed by atoms with van der Waals surface area (Å²) in [4.78, 5) is 13.6. The molecule has 1 aliphatic heterocycles. The van der Waals surface area contributed by atoms with Gasteiger partial charge in [0.05, 0.1) is 10.9 Å². The molecule has 1 aliphatic rings. The highest BCUT2D eigenvalue weighted by atomic mass is 79.9. The third kappa shape index (κ3) is 3.24. The van der Waals surface area contributed by atoms with Crippen LogP contribution in [0.1, 0.15) is 26.7 Å². The van der Waals surface area contributed by atoms with Crippen LogP contribution in [-0.4, -0.2) is 41.4 Å². The lowest BCUT2D eigenvalue weighted by molar-refractivity contribution is -0.131. The van der Waals surface area contributed by atoms with Crippen molar-refractivity contribution in [1.82, 2.24) is 4.90 Å². The number of amides is 1.